The van der Waals surface area contributed by atoms with Crippen LogP contribution in [0.4, 0.5) is 0 Å². The van der Waals surface area contributed by atoms with E-state index in [1.807, 2.05) is 30.3 Å². The summed E-state index contributed by atoms with van der Waals surface area (Å²) in [5.74, 6) is -0.689. The molecule has 2 aromatic heterocycles. The second-order valence-corrected chi connectivity index (χ2v) is 9.24. The van der Waals surface area contributed by atoms with Crippen molar-refractivity contribution >= 4 is 27.6 Å². The van der Waals surface area contributed by atoms with Crippen molar-refractivity contribution in [3.63, 3.8) is 0 Å². The summed E-state index contributed by atoms with van der Waals surface area (Å²) in [6, 6.07) is 10.6. The zero-order valence-corrected chi connectivity index (χ0v) is 18.3. The van der Waals surface area contributed by atoms with Crippen LogP contribution in [-0.2, 0) is 26.1 Å². The molecule has 3 aromatic rings. The molecule has 0 spiro atoms. The number of esters is 1. The number of rotatable bonds is 6. The summed E-state index contributed by atoms with van der Waals surface area (Å²) in [6.45, 7) is 2.91. The number of nitrogens with one attached hydrogen (secondary N) is 1. The molecule has 9 nitrogen and oxygen atoms in total. The van der Waals surface area contributed by atoms with Crippen LogP contribution in [-0.4, -0.2) is 59.8 Å². The number of aryl methyl sites for hydroxylation is 1. The van der Waals surface area contributed by atoms with E-state index in [2.05, 4.69) is 10.1 Å². The first-order valence-corrected chi connectivity index (χ1v) is 11.4. The van der Waals surface area contributed by atoms with Crippen molar-refractivity contribution in [1.82, 2.24) is 19.1 Å². The highest BCUT2D eigenvalue weighted by Gasteiger charge is 2.28. The lowest BCUT2D eigenvalue weighted by atomic mass is 10.3. The lowest BCUT2D eigenvalue weighted by Crippen LogP contribution is -2.40. The monoisotopic (exact) mass is 464 g/mol. The zero-order valence-electron chi connectivity index (χ0n) is 16.7. The third kappa shape index (κ3) is 4.38. The van der Waals surface area contributed by atoms with Crippen molar-refractivity contribution in [1.29, 1.82) is 0 Å². The number of aromatic amines is 1. The topological polar surface area (TPSA) is 107 Å². The molecule has 0 atom stereocenters. The number of sulfonamides is 1. The lowest BCUT2D eigenvalue weighted by molar-refractivity contribution is 0.0466. The zero-order chi connectivity index (χ0) is 22.0. The van der Waals surface area contributed by atoms with E-state index in [1.165, 1.54) is 16.6 Å². The number of H-pyrrole nitrogens is 1. The van der Waals surface area contributed by atoms with Gasteiger partial charge in [0, 0.05) is 24.8 Å². The van der Waals surface area contributed by atoms with Gasteiger partial charge in [0.1, 0.15) is 22.3 Å². The van der Waals surface area contributed by atoms with Gasteiger partial charge >= 0.3 is 5.97 Å². The molecule has 0 radical (unpaired) electrons. The third-order valence-corrected chi connectivity index (χ3v) is 7.22. The molecule has 1 fully saturated rings. The predicted octanol–water partition coefficient (Wildman–Crippen LogP) is 2.54. The van der Waals surface area contributed by atoms with Gasteiger partial charge in [-0.25, -0.2) is 17.9 Å². The van der Waals surface area contributed by atoms with Crippen LogP contribution < -0.4 is 0 Å². The summed E-state index contributed by atoms with van der Waals surface area (Å²) in [7, 11) is -3.70. The number of morpholine rings is 1. The molecule has 11 heteroatoms. The fourth-order valence-electron chi connectivity index (χ4n) is 3.23. The Hall–Kier alpha value is -2.66. The number of nitrogens with zero attached hydrogens (tertiary/aromatic N) is 3. The summed E-state index contributed by atoms with van der Waals surface area (Å²) in [4.78, 5) is 15.2. The van der Waals surface area contributed by atoms with Crippen molar-refractivity contribution in [2.75, 3.05) is 26.3 Å². The molecule has 0 unspecified atom stereocenters. The number of carbonyl (C=O) groups excluding carboxylic acids is 1. The Kier molecular flexibility index (Phi) is 6.15. The van der Waals surface area contributed by atoms with Gasteiger partial charge in [-0.2, -0.15) is 9.40 Å². The minimum Gasteiger partial charge on any atom is -0.456 e. The molecule has 1 saturated heterocycles. The Balaban J connectivity index is 1.46. The van der Waals surface area contributed by atoms with Crippen LogP contribution in [0.5, 0.6) is 0 Å². The minimum absolute atomic E-state index is 0.00691. The molecule has 0 amide bonds. The summed E-state index contributed by atoms with van der Waals surface area (Å²) in [5.41, 5.74) is 2.03. The third-order valence-electron chi connectivity index (χ3n) is 4.95. The molecule has 1 aliphatic rings. The molecule has 31 heavy (non-hydrogen) atoms. The van der Waals surface area contributed by atoms with E-state index < -0.39 is 16.0 Å². The molecule has 0 saturated carbocycles. The van der Waals surface area contributed by atoms with Gasteiger partial charge in [0.2, 0.25) is 10.0 Å². The van der Waals surface area contributed by atoms with Gasteiger partial charge in [0.05, 0.1) is 24.6 Å². The van der Waals surface area contributed by atoms with E-state index in [9.17, 15) is 13.2 Å². The van der Waals surface area contributed by atoms with Gasteiger partial charge in [0.25, 0.3) is 0 Å². The number of hydrogen-bond donors (Lipinski definition) is 1. The number of aromatic nitrogens is 3. The van der Waals surface area contributed by atoms with Crippen molar-refractivity contribution in [2.24, 2.45) is 0 Å². The molecule has 3 heterocycles. The molecular formula is C20H21ClN4O5S. The average Bonchev–Trinajstić information content (AvgIpc) is 3.39. The van der Waals surface area contributed by atoms with Crippen LogP contribution in [0.25, 0.3) is 5.69 Å². The first-order valence-electron chi connectivity index (χ1n) is 9.61. The Morgan fingerprint density at radius 1 is 1.26 bits per heavy atom. The van der Waals surface area contributed by atoms with E-state index in [0.717, 1.165) is 5.69 Å². The van der Waals surface area contributed by atoms with Crippen molar-refractivity contribution in [3.8, 4) is 5.69 Å². The second-order valence-electron chi connectivity index (χ2n) is 6.94. The Morgan fingerprint density at radius 3 is 2.68 bits per heavy atom. The number of halogens is 1. The molecule has 164 valence electrons. The Bertz CT molecular complexity index is 1180. The highest BCUT2D eigenvalue weighted by atomic mass is 35.5. The maximum Gasteiger partial charge on any atom is 0.355 e. The lowest BCUT2D eigenvalue weighted by Gasteiger charge is -2.25. The van der Waals surface area contributed by atoms with Gasteiger partial charge < -0.3 is 14.5 Å². The second kappa shape index (κ2) is 8.83. The smallest absolute Gasteiger partial charge is 0.355 e. The van der Waals surface area contributed by atoms with Crippen LogP contribution in [0.15, 0.2) is 47.5 Å². The van der Waals surface area contributed by atoms with Gasteiger partial charge in [0.15, 0.2) is 0 Å². The van der Waals surface area contributed by atoms with Crippen LogP contribution >= 0.6 is 11.6 Å². The maximum absolute atomic E-state index is 12.7. The fourth-order valence-corrected chi connectivity index (χ4v) is 4.96. The molecule has 0 bridgehead atoms. The molecule has 4 rings (SSSR count). The van der Waals surface area contributed by atoms with Crippen molar-refractivity contribution < 1.29 is 22.7 Å². The van der Waals surface area contributed by atoms with Crippen molar-refractivity contribution in [2.45, 2.75) is 18.4 Å². The number of para-hydroxylation sites is 1. The highest BCUT2D eigenvalue weighted by molar-refractivity contribution is 7.89. The van der Waals surface area contributed by atoms with Crippen LogP contribution in [0.2, 0.25) is 5.15 Å². The van der Waals surface area contributed by atoms with E-state index in [0.29, 0.717) is 29.6 Å². The first-order chi connectivity index (χ1) is 14.9. The number of benzene rings is 1. The minimum atomic E-state index is -3.70. The Labute approximate surface area is 184 Å². The standard InChI is InChI=1S/C20H21ClN4O5S/c1-14-17(19(21)25(23-14)15-5-3-2-4-6-15)13-30-20(26)18-11-16(12-22-18)31(27,28)24-7-9-29-10-8-24/h2-6,11-12,22H,7-10,13H2,1H3. The van der Waals surface area contributed by atoms with Gasteiger partial charge in [-0.15, -0.1) is 0 Å². The van der Waals surface area contributed by atoms with Crippen LogP contribution in [0, 0.1) is 6.92 Å². The predicted molar refractivity (Wildman–Crippen MR) is 113 cm³/mol. The number of carbonyl (C=O) groups is 1. The summed E-state index contributed by atoms with van der Waals surface area (Å²) < 4.78 is 38.9. The summed E-state index contributed by atoms with van der Waals surface area (Å²) in [5, 5.41) is 4.76. The average molecular weight is 465 g/mol. The SMILES string of the molecule is Cc1nn(-c2ccccc2)c(Cl)c1COC(=O)c1cc(S(=O)(=O)N2CCOCC2)c[nH]1. The molecule has 1 aromatic carbocycles. The molecule has 1 aliphatic heterocycles. The normalized spacial score (nSPS) is 15.2. The van der Waals surface area contributed by atoms with E-state index >= 15 is 0 Å². The largest absolute Gasteiger partial charge is 0.456 e. The number of hydrogen-bond acceptors (Lipinski definition) is 6. The summed E-state index contributed by atoms with van der Waals surface area (Å²) >= 11 is 6.45. The Morgan fingerprint density at radius 2 is 1.97 bits per heavy atom. The van der Waals surface area contributed by atoms with Crippen molar-refractivity contribution in [3.05, 3.63) is 64.7 Å². The maximum atomic E-state index is 12.7. The highest BCUT2D eigenvalue weighted by Crippen LogP contribution is 2.25. The van der Waals surface area contributed by atoms with Gasteiger partial charge in [-0.05, 0) is 25.1 Å². The van der Waals surface area contributed by atoms with Crippen LogP contribution in [0.1, 0.15) is 21.7 Å². The molecule has 0 aliphatic carbocycles. The molecule has 1 N–H and O–H groups in total. The molecular weight excluding hydrogens is 444 g/mol. The van der Waals surface area contributed by atoms with Gasteiger partial charge in [-0.1, -0.05) is 29.8 Å². The van der Waals surface area contributed by atoms with E-state index in [-0.39, 0.29) is 30.3 Å². The quantitative estimate of drug-likeness (QED) is 0.562. The van der Waals surface area contributed by atoms with E-state index in [1.54, 1.807) is 11.6 Å². The first kappa shape index (κ1) is 21.6. The van der Waals surface area contributed by atoms with Crippen LogP contribution in [0.3, 0.4) is 0 Å². The summed E-state index contributed by atoms with van der Waals surface area (Å²) in [6.07, 6.45) is 1.28. The number of ether oxygens (including phenoxy) is 2. The van der Waals surface area contributed by atoms with Gasteiger partial charge in [-0.3, -0.25) is 0 Å². The van der Waals surface area contributed by atoms with E-state index in [4.69, 9.17) is 21.1 Å². The fraction of sp³-hybridized carbons (Fsp3) is 0.300.